The molecule has 28 heavy (non-hydrogen) atoms. The van der Waals surface area contributed by atoms with Crippen LogP contribution in [0.4, 0.5) is 20.6 Å². The number of pyridine rings is 1. The van der Waals surface area contributed by atoms with Gasteiger partial charge in [0.05, 0.1) is 6.04 Å². The molecule has 0 aliphatic heterocycles. The van der Waals surface area contributed by atoms with Crippen molar-refractivity contribution in [3.05, 3.63) is 90.0 Å². The van der Waals surface area contributed by atoms with Crippen LogP contribution in [0.5, 0.6) is 0 Å². The summed E-state index contributed by atoms with van der Waals surface area (Å²) >= 11 is 0. The van der Waals surface area contributed by atoms with Crippen LogP contribution in [0.15, 0.2) is 73.1 Å². The maximum atomic E-state index is 13.2. The number of anilines is 2. The van der Waals surface area contributed by atoms with Gasteiger partial charge in [0.2, 0.25) is 0 Å². The van der Waals surface area contributed by atoms with Gasteiger partial charge in [-0.15, -0.1) is 0 Å². The number of benzene rings is 2. The minimum absolute atomic E-state index is 0.206. The first-order chi connectivity index (χ1) is 13.5. The molecule has 0 aliphatic carbocycles. The van der Waals surface area contributed by atoms with E-state index < -0.39 is 17.8 Å². The number of rotatable bonds is 5. The third kappa shape index (κ3) is 5.14. The van der Waals surface area contributed by atoms with E-state index in [1.165, 1.54) is 18.2 Å². The predicted molar refractivity (Wildman–Crippen MR) is 106 cm³/mol. The first-order valence-corrected chi connectivity index (χ1v) is 8.66. The van der Waals surface area contributed by atoms with Crippen molar-refractivity contribution in [1.82, 2.24) is 10.3 Å². The summed E-state index contributed by atoms with van der Waals surface area (Å²) in [5.74, 6) is -0.840. The Hall–Kier alpha value is -3.74. The highest BCUT2D eigenvalue weighted by atomic mass is 19.1. The maximum absolute atomic E-state index is 13.2. The summed E-state index contributed by atoms with van der Waals surface area (Å²) < 4.78 is 13.2. The molecule has 1 aromatic heterocycles. The molecular weight excluding hydrogens is 359 g/mol. The van der Waals surface area contributed by atoms with E-state index in [0.29, 0.717) is 16.9 Å². The Kier molecular flexibility index (Phi) is 5.96. The van der Waals surface area contributed by atoms with Crippen LogP contribution in [-0.4, -0.2) is 16.9 Å². The minimum Gasteiger partial charge on any atom is -0.331 e. The number of carbonyl (C=O) groups is 2. The van der Waals surface area contributed by atoms with Gasteiger partial charge in [-0.2, -0.15) is 0 Å². The standard InChI is InChI=1S/C21H19FN4O2/c1-14(15-8-10-23-11-9-15)24-21(28)26-18-6-2-4-16(12-18)20(27)25-19-7-3-5-17(22)13-19/h2-14H,1H3,(H,25,27)(H2,24,26,28). The van der Waals surface area contributed by atoms with E-state index in [1.54, 1.807) is 42.7 Å². The number of hydrogen-bond acceptors (Lipinski definition) is 3. The highest BCUT2D eigenvalue weighted by Crippen LogP contribution is 2.15. The first-order valence-electron chi connectivity index (χ1n) is 8.66. The SMILES string of the molecule is CC(NC(=O)Nc1cccc(C(=O)Nc2cccc(F)c2)c1)c1ccncc1. The fourth-order valence-electron chi connectivity index (χ4n) is 2.61. The van der Waals surface area contributed by atoms with Crippen LogP contribution >= 0.6 is 0 Å². The predicted octanol–water partition coefficient (Wildman–Crippen LogP) is 4.36. The quantitative estimate of drug-likeness (QED) is 0.617. The monoisotopic (exact) mass is 378 g/mol. The van der Waals surface area contributed by atoms with Crippen molar-refractivity contribution in [3.8, 4) is 0 Å². The molecule has 7 heteroatoms. The Labute approximate surface area is 161 Å². The van der Waals surface area contributed by atoms with Gasteiger partial charge in [-0.25, -0.2) is 9.18 Å². The van der Waals surface area contributed by atoms with Crippen molar-refractivity contribution in [1.29, 1.82) is 0 Å². The Morgan fingerprint density at radius 1 is 0.929 bits per heavy atom. The molecule has 0 spiro atoms. The third-order valence-corrected chi connectivity index (χ3v) is 4.02. The Morgan fingerprint density at radius 3 is 2.32 bits per heavy atom. The van der Waals surface area contributed by atoms with Gasteiger partial charge in [0.25, 0.3) is 5.91 Å². The van der Waals surface area contributed by atoms with Gasteiger partial charge in [-0.3, -0.25) is 9.78 Å². The number of aromatic nitrogens is 1. The topological polar surface area (TPSA) is 83.1 Å². The molecule has 1 unspecified atom stereocenters. The number of nitrogens with zero attached hydrogens (tertiary/aromatic N) is 1. The summed E-state index contributed by atoms with van der Waals surface area (Å²) in [6, 6.07) is 15.2. The molecule has 2 aromatic carbocycles. The minimum atomic E-state index is -0.437. The van der Waals surface area contributed by atoms with Gasteiger partial charge in [0.1, 0.15) is 5.82 Å². The van der Waals surface area contributed by atoms with Crippen LogP contribution in [-0.2, 0) is 0 Å². The fraction of sp³-hybridized carbons (Fsp3) is 0.0952. The molecule has 0 aliphatic rings. The molecule has 1 atom stereocenters. The lowest BCUT2D eigenvalue weighted by molar-refractivity contribution is 0.102. The van der Waals surface area contributed by atoms with E-state index in [9.17, 15) is 14.0 Å². The fourth-order valence-corrected chi connectivity index (χ4v) is 2.61. The number of nitrogens with one attached hydrogen (secondary N) is 3. The van der Waals surface area contributed by atoms with Gasteiger partial charge in [-0.1, -0.05) is 12.1 Å². The van der Waals surface area contributed by atoms with E-state index in [4.69, 9.17) is 0 Å². The molecule has 3 N–H and O–H groups in total. The van der Waals surface area contributed by atoms with Crippen molar-refractivity contribution in [3.63, 3.8) is 0 Å². The first kappa shape index (κ1) is 19.0. The van der Waals surface area contributed by atoms with Crippen molar-refractivity contribution in [2.45, 2.75) is 13.0 Å². The molecule has 0 saturated heterocycles. The van der Waals surface area contributed by atoms with Crippen LogP contribution in [0, 0.1) is 5.82 Å². The second-order valence-corrected chi connectivity index (χ2v) is 6.15. The van der Waals surface area contributed by atoms with Crippen LogP contribution in [0.2, 0.25) is 0 Å². The zero-order valence-corrected chi connectivity index (χ0v) is 15.1. The van der Waals surface area contributed by atoms with Crippen molar-refractivity contribution >= 4 is 23.3 Å². The Bertz CT molecular complexity index is 979. The van der Waals surface area contributed by atoms with Crippen LogP contribution < -0.4 is 16.0 Å². The van der Waals surface area contributed by atoms with Crippen LogP contribution in [0.25, 0.3) is 0 Å². The van der Waals surface area contributed by atoms with Gasteiger partial charge in [0.15, 0.2) is 0 Å². The zero-order valence-electron chi connectivity index (χ0n) is 15.1. The Morgan fingerprint density at radius 2 is 1.61 bits per heavy atom. The molecule has 0 fully saturated rings. The summed E-state index contributed by atoms with van der Waals surface area (Å²) in [4.78, 5) is 28.5. The zero-order chi connectivity index (χ0) is 19.9. The summed E-state index contributed by atoms with van der Waals surface area (Å²) in [6.07, 6.45) is 3.32. The lowest BCUT2D eigenvalue weighted by atomic mass is 10.1. The molecule has 3 amide bonds. The van der Waals surface area contributed by atoms with E-state index in [0.717, 1.165) is 5.56 Å². The van der Waals surface area contributed by atoms with Crippen molar-refractivity contribution in [2.24, 2.45) is 0 Å². The highest BCUT2D eigenvalue weighted by Gasteiger charge is 2.11. The molecule has 3 rings (SSSR count). The lowest BCUT2D eigenvalue weighted by Gasteiger charge is -2.15. The lowest BCUT2D eigenvalue weighted by Crippen LogP contribution is -2.31. The van der Waals surface area contributed by atoms with Gasteiger partial charge in [-0.05, 0) is 61.0 Å². The van der Waals surface area contributed by atoms with Crippen LogP contribution in [0.1, 0.15) is 28.9 Å². The number of carbonyl (C=O) groups excluding carboxylic acids is 2. The van der Waals surface area contributed by atoms with E-state index in [-0.39, 0.29) is 6.04 Å². The number of hydrogen-bond donors (Lipinski definition) is 3. The van der Waals surface area contributed by atoms with E-state index in [1.807, 2.05) is 19.1 Å². The summed E-state index contributed by atoms with van der Waals surface area (Å²) in [5.41, 5.74) is 2.08. The molecule has 0 saturated carbocycles. The second-order valence-electron chi connectivity index (χ2n) is 6.15. The average molecular weight is 378 g/mol. The third-order valence-electron chi connectivity index (χ3n) is 4.02. The summed E-state index contributed by atoms with van der Waals surface area (Å²) in [5, 5.41) is 8.14. The van der Waals surface area contributed by atoms with Crippen LogP contribution in [0.3, 0.4) is 0 Å². The molecule has 142 valence electrons. The summed E-state index contributed by atoms with van der Waals surface area (Å²) in [6.45, 7) is 1.86. The maximum Gasteiger partial charge on any atom is 0.319 e. The molecule has 0 bridgehead atoms. The van der Waals surface area contributed by atoms with E-state index >= 15 is 0 Å². The Balaban J connectivity index is 1.62. The molecule has 6 nitrogen and oxygen atoms in total. The summed E-state index contributed by atoms with van der Waals surface area (Å²) in [7, 11) is 0. The number of amides is 3. The highest BCUT2D eigenvalue weighted by molar-refractivity contribution is 6.05. The smallest absolute Gasteiger partial charge is 0.319 e. The largest absolute Gasteiger partial charge is 0.331 e. The normalized spacial score (nSPS) is 11.4. The second kappa shape index (κ2) is 8.77. The van der Waals surface area contributed by atoms with Gasteiger partial charge >= 0.3 is 6.03 Å². The van der Waals surface area contributed by atoms with Gasteiger partial charge < -0.3 is 16.0 Å². The van der Waals surface area contributed by atoms with Crippen molar-refractivity contribution < 1.29 is 14.0 Å². The average Bonchev–Trinajstić information content (AvgIpc) is 2.68. The molecule has 3 aromatic rings. The number of halogens is 1. The van der Waals surface area contributed by atoms with Gasteiger partial charge in [0, 0.05) is 29.3 Å². The molecule has 1 heterocycles. The van der Waals surface area contributed by atoms with E-state index in [2.05, 4.69) is 20.9 Å². The molecule has 0 radical (unpaired) electrons. The number of urea groups is 1. The van der Waals surface area contributed by atoms with Crippen molar-refractivity contribution in [2.75, 3.05) is 10.6 Å². The molecular formula is C21H19FN4O2.